The predicted octanol–water partition coefficient (Wildman–Crippen LogP) is 2.54. The van der Waals surface area contributed by atoms with Gasteiger partial charge in [0.25, 0.3) is 0 Å². The van der Waals surface area contributed by atoms with E-state index in [4.69, 9.17) is 0 Å². The smallest absolute Gasteiger partial charge is 0.321 e. The number of alkyl halides is 3. The first-order chi connectivity index (χ1) is 8.75. The summed E-state index contributed by atoms with van der Waals surface area (Å²) in [6, 6.07) is -0.824. The van der Waals surface area contributed by atoms with E-state index in [-0.39, 0.29) is 6.42 Å². The highest BCUT2D eigenvalue weighted by Crippen LogP contribution is 2.39. The summed E-state index contributed by atoms with van der Waals surface area (Å²) in [6.07, 6.45) is -0.297. The van der Waals surface area contributed by atoms with Crippen LogP contribution in [-0.2, 0) is 4.79 Å². The van der Waals surface area contributed by atoms with Gasteiger partial charge < -0.3 is 4.90 Å². The fraction of sp³-hybridized carbons (Fsp3) is 0.833. The van der Waals surface area contributed by atoms with Crippen LogP contribution in [0, 0.1) is 0 Å². The molecule has 1 aliphatic carbocycles. The third-order valence-electron chi connectivity index (χ3n) is 4.13. The Morgan fingerprint density at radius 2 is 1.74 bits per heavy atom. The first-order valence-corrected chi connectivity index (χ1v) is 6.40. The van der Waals surface area contributed by atoms with Crippen molar-refractivity contribution >= 4 is 11.9 Å². The van der Waals surface area contributed by atoms with Gasteiger partial charge in [0, 0.05) is 7.05 Å². The zero-order chi connectivity index (χ0) is 14.3. The third-order valence-corrected chi connectivity index (χ3v) is 4.13. The highest BCUT2D eigenvalue weighted by Gasteiger charge is 2.50. The van der Waals surface area contributed by atoms with Gasteiger partial charge in [0.2, 0.25) is 5.91 Å². The van der Waals surface area contributed by atoms with Crippen molar-refractivity contribution in [2.24, 2.45) is 0 Å². The molecule has 1 spiro atoms. The molecule has 0 unspecified atom stereocenters. The van der Waals surface area contributed by atoms with Gasteiger partial charge in [0.15, 0.2) is 0 Å². The minimum atomic E-state index is -4.55. The van der Waals surface area contributed by atoms with Gasteiger partial charge in [-0.1, -0.05) is 19.3 Å². The number of hydrogen-bond donors (Lipinski definition) is 0. The van der Waals surface area contributed by atoms with Crippen LogP contribution in [0.15, 0.2) is 0 Å². The highest BCUT2D eigenvalue weighted by atomic mass is 19.4. The van der Waals surface area contributed by atoms with Crippen molar-refractivity contribution in [1.82, 2.24) is 9.80 Å². The highest BCUT2D eigenvalue weighted by molar-refractivity contribution is 5.98. The zero-order valence-electron chi connectivity index (χ0n) is 10.8. The van der Waals surface area contributed by atoms with Crippen molar-refractivity contribution in [3.05, 3.63) is 0 Å². The van der Waals surface area contributed by atoms with E-state index in [1.165, 1.54) is 11.9 Å². The first-order valence-electron chi connectivity index (χ1n) is 6.40. The van der Waals surface area contributed by atoms with Crippen LogP contribution in [0.25, 0.3) is 0 Å². The molecule has 1 aliphatic heterocycles. The van der Waals surface area contributed by atoms with Gasteiger partial charge in [0.1, 0.15) is 6.54 Å². The fourth-order valence-electron chi connectivity index (χ4n) is 3.04. The van der Waals surface area contributed by atoms with Crippen LogP contribution in [-0.4, -0.2) is 47.0 Å². The summed E-state index contributed by atoms with van der Waals surface area (Å²) in [5.41, 5.74) is -0.561. The van der Waals surface area contributed by atoms with E-state index in [0.717, 1.165) is 19.3 Å². The Balaban J connectivity index is 2.18. The van der Waals surface area contributed by atoms with Crippen LogP contribution in [0.1, 0.15) is 38.5 Å². The molecular weight excluding hydrogens is 261 g/mol. The van der Waals surface area contributed by atoms with E-state index in [2.05, 4.69) is 0 Å². The lowest BCUT2D eigenvalue weighted by Gasteiger charge is -2.49. The van der Waals surface area contributed by atoms with Crippen molar-refractivity contribution in [2.45, 2.75) is 50.2 Å². The molecule has 19 heavy (non-hydrogen) atoms. The van der Waals surface area contributed by atoms with Crippen LogP contribution >= 0.6 is 0 Å². The van der Waals surface area contributed by atoms with Crippen molar-refractivity contribution < 1.29 is 22.8 Å². The van der Waals surface area contributed by atoms with E-state index >= 15 is 0 Å². The Labute approximate surface area is 109 Å². The minimum absolute atomic E-state index is 0.00528. The maximum atomic E-state index is 12.4. The molecule has 108 valence electrons. The largest absolute Gasteiger partial charge is 0.406 e. The first kappa shape index (κ1) is 14.1. The maximum Gasteiger partial charge on any atom is 0.406 e. The van der Waals surface area contributed by atoms with Crippen molar-refractivity contribution in [1.29, 1.82) is 0 Å². The summed E-state index contributed by atoms with van der Waals surface area (Å²) < 4.78 is 37.1. The molecule has 1 heterocycles. The Morgan fingerprint density at radius 3 is 2.26 bits per heavy atom. The zero-order valence-corrected chi connectivity index (χ0v) is 10.8. The van der Waals surface area contributed by atoms with Crippen LogP contribution < -0.4 is 0 Å². The summed E-state index contributed by atoms with van der Waals surface area (Å²) in [6.45, 7) is -1.49. The average Bonchev–Trinajstić information content (AvgIpc) is 2.32. The minimum Gasteiger partial charge on any atom is -0.321 e. The molecule has 4 nitrogen and oxygen atoms in total. The van der Waals surface area contributed by atoms with Crippen molar-refractivity contribution in [3.8, 4) is 0 Å². The molecule has 0 aromatic carbocycles. The molecule has 1 saturated carbocycles. The molecule has 7 heteroatoms. The Bertz CT molecular complexity index is 389. The van der Waals surface area contributed by atoms with Crippen LogP contribution in [0.3, 0.4) is 0 Å². The molecular formula is C12H17F3N2O2. The lowest BCUT2D eigenvalue weighted by atomic mass is 9.77. The Hall–Kier alpha value is -1.27. The number of halogens is 3. The molecule has 1 saturated heterocycles. The van der Waals surface area contributed by atoms with E-state index < -0.39 is 30.2 Å². The summed E-state index contributed by atoms with van der Waals surface area (Å²) in [5.74, 6) is -0.706. The van der Waals surface area contributed by atoms with Crippen molar-refractivity contribution in [2.75, 3.05) is 13.6 Å². The molecule has 0 N–H and O–H groups in total. The summed E-state index contributed by atoms with van der Waals surface area (Å²) >= 11 is 0. The fourth-order valence-corrected chi connectivity index (χ4v) is 3.04. The normalized spacial score (nSPS) is 24.2. The number of nitrogens with zero attached hydrogens (tertiary/aromatic N) is 2. The number of rotatable bonds is 1. The predicted molar refractivity (Wildman–Crippen MR) is 61.4 cm³/mol. The molecule has 0 bridgehead atoms. The van der Waals surface area contributed by atoms with E-state index in [0.29, 0.717) is 17.7 Å². The monoisotopic (exact) mass is 278 g/mol. The molecule has 0 radical (unpaired) electrons. The molecule has 2 fully saturated rings. The second-order valence-corrected chi connectivity index (χ2v) is 5.40. The van der Waals surface area contributed by atoms with Crippen LogP contribution in [0.2, 0.25) is 0 Å². The van der Waals surface area contributed by atoms with Crippen molar-refractivity contribution in [3.63, 3.8) is 0 Å². The van der Waals surface area contributed by atoms with Gasteiger partial charge >= 0.3 is 12.2 Å². The standard InChI is InChI=1S/C12H17F3N2O2/c1-16-10(19)17(8-12(13,14)15)9(18)7-11(16)5-3-2-4-6-11/h2-8H2,1H3. The van der Waals surface area contributed by atoms with Gasteiger partial charge in [-0.25, -0.2) is 4.79 Å². The number of hydrogen-bond acceptors (Lipinski definition) is 2. The van der Waals surface area contributed by atoms with E-state index in [1.54, 1.807) is 0 Å². The third kappa shape index (κ3) is 2.69. The molecule has 0 atom stereocenters. The Kier molecular flexibility index (Phi) is 3.49. The number of amides is 3. The second-order valence-electron chi connectivity index (χ2n) is 5.40. The SMILES string of the molecule is CN1C(=O)N(CC(F)(F)F)C(=O)CC12CCCCC2. The number of urea groups is 1. The van der Waals surface area contributed by atoms with E-state index in [1.807, 2.05) is 0 Å². The van der Waals surface area contributed by atoms with Crippen LogP contribution in [0.4, 0.5) is 18.0 Å². The van der Waals surface area contributed by atoms with Gasteiger partial charge in [-0.15, -0.1) is 0 Å². The number of carbonyl (C=O) groups excluding carboxylic acids is 2. The second kappa shape index (κ2) is 4.68. The van der Waals surface area contributed by atoms with Gasteiger partial charge in [0.05, 0.1) is 12.0 Å². The summed E-state index contributed by atoms with van der Waals surface area (Å²) in [4.78, 5) is 25.6. The number of carbonyl (C=O) groups is 2. The number of imide groups is 1. The quantitative estimate of drug-likeness (QED) is 0.739. The molecule has 0 aromatic rings. The van der Waals surface area contributed by atoms with E-state index in [9.17, 15) is 22.8 Å². The topological polar surface area (TPSA) is 40.6 Å². The summed E-state index contributed by atoms with van der Waals surface area (Å²) in [5, 5.41) is 0. The lowest BCUT2D eigenvalue weighted by molar-refractivity contribution is -0.162. The summed E-state index contributed by atoms with van der Waals surface area (Å²) in [7, 11) is 1.50. The maximum absolute atomic E-state index is 12.4. The van der Waals surface area contributed by atoms with Gasteiger partial charge in [-0.3, -0.25) is 9.69 Å². The molecule has 0 aromatic heterocycles. The Morgan fingerprint density at radius 1 is 1.16 bits per heavy atom. The molecule has 2 aliphatic rings. The molecule has 2 rings (SSSR count). The van der Waals surface area contributed by atoms with Crippen LogP contribution in [0.5, 0.6) is 0 Å². The lowest BCUT2D eigenvalue weighted by Crippen LogP contribution is -2.64. The van der Waals surface area contributed by atoms with Gasteiger partial charge in [-0.2, -0.15) is 13.2 Å². The van der Waals surface area contributed by atoms with Gasteiger partial charge in [-0.05, 0) is 12.8 Å². The average molecular weight is 278 g/mol. The molecule has 3 amide bonds.